The maximum absolute atomic E-state index is 12.6. The van der Waals surface area contributed by atoms with Crippen LogP contribution in [0.4, 0.5) is 8.78 Å². The number of pyridine rings is 1. The van der Waals surface area contributed by atoms with Crippen molar-refractivity contribution in [1.29, 1.82) is 0 Å². The Morgan fingerprint density at radius 3 is 2.72 bits per heavy atom. The molecule has 0 saturated carbocycles. The molecule has 0 radical (unpaired) electrons. The summed E-state index contributed by atoms with van der Waals surface area (Å²) in [5.74, 6) is -0.110. The Kier molecular flexibility index (Phi) is 4.60. The summed E-state index contributed by atoms with van der Waals surface area (Å²) in [7, 11) is 1.67. The van der Waals surface area contributed by atoms with Gasteiger partial charge in [-0.3, -0.25) is 9.89 Å². The van der Waals surface area contributed by atoms with Crippen LogP contribution in [0, 0.1) is 6.92 Å². The van der Waals surface area contributed by atoms with E-state index in [1.165, 1.54) is 23.2 Å². The molecule has 130 valence electrons. The summed E-state index contributed by atoms with van der Waals surface area (Å²) >= 11 is 0. The van der Waals surface area contributed by atoms with Crippen molar-refractivity contribution in [2.75, 3.05) is 7.05 Å². The summed E-state index contributed by atoms with van der Waals surface area (Å²) in [6, 6.07) is 7.93. The topological polar surface area (TPSA) is 71.1 Å². The zero-order chi connectivity index (χ0) is 18.0. The number of halogens is 2. The Balaban J connectivity index is 1.72. The highest BCUT2D eigenvalue weighted by molar-refractivity contribution is 5.97. The maximum Gasteiger partial charge on any atom is 0.387 e. The molecule has 3 rings (SSSR count). The number of amides is 1. The van der Waals surface area contributed by atoms with E-state index < -0.39 is 6.61 Å². The Hall–Kier alpha value is -3.03. The molecule has 1 aromatic carbocycles. The zero-order valence-electron chi connectivity index (χ0n) is 13.7. The van der Waals surface area contributed by atoms with E-state index >= 15 is 0 Å². The number of alkyl halides is 2. The summed E-state index contributed by atoms with van der Waals surface area (Å²) in [5.41, 5.74) is 2.66. The molecule has 0 saturated heterocycles. The molecule has 6 nitrogen and oxygen atoms in total. The standard InChI is InChI=1S/C17H16F2N4O2/c1-10-14-7-12(8-20-15(14)22-21-10)16(24)23(2)9-11-3-5-13(6-4-11)25-17(18)19/h3-8,17H,9H2,1-2H3,(H,20,21,22). The number of fused-ring (bicyclic) bond motifs is 1. The van der Waals surface area contributed by atoms with Gasteiger partial charge in [0.1, 0.15) is 5.75 Å². The van der Waals surface area contributed by atoms with Crippen LogP contribution in [0.15, 0.2) is 36.5 Å². The Morgan fingerprint density at radius 2 is 2.04 bits per heavy atom. The highest BCUT2D eigenvalue weighted by Gasteiger charge is 2.15. The van der Waals surface area contributed by atoms with E-state index in [0.717, 1.165) is 16.6 Å². The first-order valence-electron chi connectivity index (χ1n) is 7.54. The number of nitrogens with zero attached hydrogens (tertiary/aromatic N) is 3. The molecule has 0 fully saturated rings. The molecule has 2 heterocycles. The van der Waals surface area contributed by atoms with Crippen molar-refractivity contribution in [3.63, 3.8) is 0 Å². The van der Waals surface area contributed by atoms with Crippen LogP contribution < -0.4 is 4.74 Å². The van der Waals surface area contributed by atoms with E-state index in [4.69, 9.17) is 0 Å². The first-order chi connectivity index (χ1) is 11.9. The Bertz CT molecular complexity index is 893. The zero-order valence-corrected chi connectivity index (χ0v) is 13.7. The Morgan fingerprint density at radius 1 is 1.32 bits per heavy atom. The number of nitrogens with one attached hydrogen (secondary N) is 1. The average molecular weight is 346 g/mol. The lowest BCUT2D eigenvalue weighted by molar-refractivity contribution is -0.0498. The van der Waals surface area contributed by atoms with Crippen LogP contribution in [0.3, 0.4) is 0 Å². The molecule has 1 N–H and O–H groups in total. The third kappa shape index (κ3) is 3.73. The quantitative estimate of drug-likeness (QED) is 0.770. The van der Waals surface area contributed by atoms with Gasteiger partial charge in [0.25, 0.3) is 5.91 Å². The van der Waals surface area contributed by atoms with Crippen molar-refractivity contribution >= 4 is 16.9 Å². The third-order valence-corrected chi connectivity index (χ3v) is 3.76. The molecule has 0 unspecified atom stereocenters. The highest BCUT2D eigenvalue weighted by atomic mass is 19.3. The van der Waals surface area contributed by atoms with Gasteiger partial charge in [0, 0.05) is 30.9 Å². The van der Waals surface area contributed by atoms with Crippen molar-refractivity contribution in [2.45, 2.75) is 20.1 Å². The second kappa shape index (κ2) is 6.84. The molecule has 0 aliphatic rings. The second-order valence-corrected chi connectivity index (χ2v) is 5.63. The minimum atomic E-state index is -2.86. The number of benzene rings is 1. The second-order valence-electron chi connectivity index (χ2n) is 5.63. The van der Waals surface area contributed by atoms with Crippen LogP contribution in [0.2, 0.25) is 0 Å². The van der Waals surface area contributed by atoms with Gasteiger partial charge in [-0.2, -0.15) is 13.9 Å². The number of aromatic amines is 1. The molecule has 3 aromatic rings. The minimum Gasteiger partial charge on any atom is -0.435 e. The maximum atomic E-state index is 12.6. The lowest BCUT2D eigenvalue weighted by atomic mass is 10.1. The number of aryl methyl sites for hydroxylation is 1. The first kappa shape index (κ1) is 16.8. The van der Waals surface area contributed by atoms with E-state index in [9.17, 15) is 13.6 Å². The van der Waals surface area contributed by atoms with Gasteiger partial charge < -0.3 is 9.64 Å². The molecule has 0 aliphatic carbocycles. The van der Waals surface area contributed by atoms with E-state index in [1.54, 1.807) is 25.2 Å². The van der Waals surface area contributed by atoms with Crippen molar-refractivity contribution in [1.82, 2.24) is 20.1 Å². The minimum absolute atomic E-state index is 0.0813. The van der Waals surface area contributed by atoms with Gasteiger partial charge in [0.2, 0.25) is 0 Å². The lowest BCUT2D eigenvalue weighted by Gasteiger charge is -2.17. The molecule has 0 atom stereocenters. The predicted octanol–water partition coefficient (Wildman–Crippen LogP) is 3.14. The molecule has 8 heteroatoms. The number of hydrogen-bond acceptors (Lipinski definition) is 4. The lowest BCUT2D eigenvalue weighted by Crippen LogP contribution is -2.26. The molecule has 0 bridgehead atoms. The van der Waals surface area contributed by atoms with E-state index in [-0.39, 0.29) is 11.7 Å². The SMILES string of the molecule is Cc1[nH]nc2ncc(C(=O)N(C)Cc3ccc(OC(F)F)cc3)cc12. The largest absolute Gasteiger partial charge is 0.435 e. The summed E-state index contributed by atoms with van der Waals surface area (Å²) in [5, 5.41) is 7.66. The first-order valence-corrected chi connectivity index (χ1v) is 7.54. The van der Waals surface area contributed by atoms with Gasteiger partial charge in [0.05, 0.1) is 5.56 Å². The number of ether oxygens (including phenoxy) is 1. The van der Waals surface area contributed by atoms with Crippen LogP contribution in [0.5, 0.6) is 5.75 Å². The third-order valence-electron chi connectivity index (χ3n) is 3.76. The molecule has 0 spiro atoms. The van der Waals surface area contributed by atoms with Crippen LogP contribution in [0.1, 0.15) is 21.6 Å². The van der Waals surface area contributed by atoms with Gasteiger partial charge >= 0.3 is 6.61 Å². The molecule has 25 heavy (non-hydrogen) atoms. The summed E-state index contributed by atoms with van der Waals surface area (Å²) in [4.78, 5) is 18.3. The van der Waals surface area contributed by atoms with Gasteiger partial charge in [0.15, 0.2) is 5.65 Å². The summed E-state index contributed by atoms with van der Waals surface area (Å²) < 4.78 is 28.6. The highest BCUT2D eigenvalue weighted by Crippen LogP contribution is 2.18. The van der Waals surface area contributed by atoms with Crippen LogP contribution in [-0.2, 0) is 6.54 Å². The fourth-order valence-corrected chi connectivity index (χ4v) is 2.48. The number of hydrogen-bond donors (Lipinski definition) is 1. The number of carbonyl (C=O) groups excluding carboxylic acids is 1. The van der Waals surface area contributed by atoms with Crippen molar-refractivity contribution < 1.29 is 18.3 Å². The molecular weight excluding hydrogens is 330 g/mol. The van der Waals surface area contributed by atoms with Crippen LogP contribution in [0.25, 0.3) is 11.0 Å². The number of aromatic nitrogens is 3. The molecular formula is C17H16F2N4O2. The smallest absolute Gasteiger partial charge is 0.387 e. The fourth-order valence-electron chi connectivity index (χ4n) is 2.48. The molecule has 2 aromatic heterocycles. The van der Waals surface area contributed by atoms with Crippen LogP contribution >= 0.6 is 0 Å². The number of H-pyrrole nitrogens is 1. The number of carbonyl (C=O) groups is 1. The predicted molar refractivity (Wildman–Crippen MR) is 87.5 cm³/mol. The normalized spacial score (nSPS) is 11.1. The van der Waals surface area contributed by atoms with Crippen LogP contribution in [-0.4, -0.2) is 39.6 Å². The Labute approximate surface area is 142 Å². The van der Waals surface area contributed by atoms with E-state index in [2.05, 4.69) is 19.9 Å². The number of rotatable bonds is 5. The van der Waals surface area contributed by atoms with E-state index in [0.29, 0.717) is 17.8 Å². The fraction of sp³-hybridized carbons (Fsp3) is 0.235. The van der Waals surface area contributed by atoms with Crippen molar-refractivity contribution in [2.24, 2.45) is 0 Å². The molecule has 0 aliphatic heterocycles. The van der Waals surface area contributed by atoms with Gasteiger partial charge in [-0.25, -0.2) is 4.98 Å². The van der Waals surface area contributed by atoms with E-state index in [1.807, 2.05) is 6.92 Å². The van der Waals surface area contributed by atoms with Gasteiger partial charge in [-0.15, -0.1) is 0 Å². The van der Waals surface area contributed by atoms with Crippen molar-refractivity contribution in [3.05, 3.63) is 53.3 Å². The van der Waals surface area contributed by atoms with Gasteiger partial charge in [-0.05, 0) is 30.7 Å². The van der Waals surface area contributed by atoms with Gasteiger partial charge in [-0.1, -0.05) is 12.1 Å². The summed E-state index contributed by atoms with van der Waals surface area (Å²) in [6.45, 7) is -0.669. The van der Waals surface area contributed by atoms with Crippen molar-refractivity contribution in [3.8, 4) is 5.75 Å². The monoisotopic (exact) mass is 346 g/mol. The average Bonchev–Trinajstić information content (AvgIpc) is 2.96. The molecule has 1 amide bonds. The summed E-state index contributed by atoms with van der Waals surface area (Å²) in [6.07, 6.45) is 1.49.